The molecule has 1 aliphatic carbocycles. The molecule has 0 radical (unpaired) electrons. The van der Waals surface area contributed by atoms with Crippen LogP contribution < -0.4 is 5.32 Å². The Hall–Kier alpha value is -1.62. The zero-order valence-corrected chi connectivity index (χ0v) is 12.8. The Morgan fingerprint density at radius 2 is 2.29 bits per heavy atom. The van der Waals surface area contributed by atoms with Crippen LogP contribution in [0.2, 0.25) is 0 Å². The molecule has 0 unspecified atom stereocenters. The molecule has 1 N–H and O–H groups in total. The van der Waals surface area contributed by atoms with E-state index in [1.54, 1.807) is 13.1 Å². The first-order valence-corrected chi connectivity index (χ1v) is 7.43. The molecular formula is C16H24FN3O. The maximum Gasteiger partial charge on any atom is 0.193 e. The molecule has 0 bridgehead atoms. The van der Waals surface area contributed by atoms with Crippen LogP contribution in [0.15, 0.2) is 29.3 Å². The number of halogens is 1. The van der Waals surface area contributed by atoms with Gasteiger partial charge in [0.05, 0.1) is 6.61 Å². The highest BCUT2D eigenvalue weighted by Gasteiger charge is 2.21. The zero-order chi connectivity index (χ0) is 15.1. The molecule has 0 heterocycles. The summed E-state index contributed by atoms with van der Waals surface area (Å²) in [5.74, 6) is 1.36. The zero-order valence-electron chi connectivity index (χ0n) is 12.8. The molecule has 1 aliphatic rings. The van der Waals surface area contributed by atoms with Gasteiger partial charge in [0.1, 0.15) is 5.82 Å². The fourth-order valence-electron chi connectivity index (χ4n) is 2.05. The summed E-state index contributed by atoms with van der Waals surface area (Å²) in [6.45, 7) is 2.92. The van der Waals surface area contributed by atoms with Gasteiger partial charge in [0.25, 0.3) is 0 Å². The van der Waals surface area contributed by atoms with E-state index in [2.05, 4.69) is 10.3 Å². The summed E-state index contributed by atoms with van der Waals surface area (Å²) < 4.78 is 18.8. The van der Waals surface area contributed by atoms with Gasteiger partial charge in [-0.3, -0.25) is 4.99 Å². The van der Waals surface area contributed by atoms with E-state index in [0.29, 0.717) is 13.2 Å². The van der Waals surface area contributed by atoms with Crippen molar-refractivity contribution in [1.29, 1.82) is 0 Å². The topological polar surface area (TPSA) is 36.9 Å². The summed E-state index contributed by atoms with van der Waals surface area (Å²) >= 11 is 0. The van der Waals surface area contributed by atoms with Crippen LogP contribution in [0.1, 0.15) is 18.4 Å². The minimum Gasteiger partial charge on any atom is -0.379 e. The Kier molecular flexibility index (Phi) is 5.99. The summed E-state index contributed by atoms with van der Waals surface area (Å²) in [7, 11) is 3.72. The second-order valence-electron chi connectivity index (χ2n) is 5.47. The number of aliphatic imine (C=N–C) groups is 1. The Labute approximate surface area is 126 Å². The van der Waals surface area contributed by atoms with Crippen LogP contribution in [0.3, 0.4) is 0 Å². The lowest BCUT2D eigenvalue weighted by molar-refractivity contribution is 0.115. The quantitative estimate of drug-likeness (QED) is 0.476. The third-order valence-corrected chi connectivity index (χ3v) is 3.53. The summed E-state index contributed by atoms with van der Waals surface area (Å²) in [6.07, 6.45) is 2.62. The monoisotopic (exact) mass is 293 g/mol. The second-order valence-corrected chi connectivity index (χ2v) is 5.47. The molecule has 0 amide bonds. The molecule has 0 atom stereocenters. The molecule has 1 fully saturated rings. The summed E-state index contributed by atoms with van der Waals surface area (Å²) in [5.41, 5.74) is 0.898. The first-order valence-electron chi connectivity index (χ1n) is 7.43. The van der Waals surface area contributed by atoms with Crippen LogP contribution in [-0.4, -0.2) is 44.7 Å². The summed E-state index contributed by atoms with van der Waals surface area (Å²) in [6, 6.07) is 6.58. The smallest absolute Gasteiger partial charge is 0.193 e. The molecule has 2 rings (SSSR count). The van der Waals surface area contributed by atoms with Crippen molar-refractivity contribution in [2.45, 2.75) is 19.4 Å². The number of nitrogens with one attached hydrogen (secondary N) is 1. The Balaban J connectivity index is 1.70. The highest BCUT2D eigenvalue weighted by Crippen LogP contribution is 2.28. The maximum atomic E-state index is 13.1. The molecule has 116 valence electrons. The predicted molar refractivity (Wildman–Crippen MR) is 82.8 cm³/mol. The summed E-state index contributed by atoms with van der Waals surface area (Å²) in [4.78, 5) is 6.25. The standard InChI is InChI=1S/C16H24FN3O/c1-18-16(19-11-14-4-3-5-15(17)10-14)20(2)8-9-21-12-13-6-7-13/h3-5,10,13H,6-9,11-12H2,1-2H3,(H,18,19). The first kappa shape index (κ1) is 15.8. The van der Waals surface area contributed by atoms with Crippen molar-refractivity contribution in [3.63, 3.8) is 0 Å². The average Bonchev–Trinajstić information content (AvgIpc) is 3.28. The van der Waals surface area contributed by atoms with Gasteiger partial charge in [0.2, 0.25) is 0 Å². The van der Waals surface area contributed by atoms with Gasteiger partial charge in [-0.25, -0.2) is 4.39 Å². The molecule has 0 saturated heterocycles. The van der Waals surface area contributed by atoms with Crippen molar-refractivity contribution in [2.75, 3.05) is 33.9 Å². The number of benzene rings is 1. The van der Waals surface area contributed by atoms with Crippen molar-refractivity contribution in [3.05, 3.63) is 35.6 Å². The van der Waals surface area contributed by atoms with E-state index < -0.39 is 0 Å². The molecule has 0 aromatic heterocycles. The van der Waals surface area contributed by atoms with Gasteiger partial charge >= 0.3 is 0 Å². The molecule has 4 nitrogen and oxygen atoms in total. The van der Waals surface area contributed by atoms with E-state index >= 15 is 0 Å². The summed E-state index contributed by atoms with van der Waals surface area (Å²) in [5, 5.41) is 3.23. The van der Waals surface area contributed by atoms with E-state index in [9.17, 15) is 4.39 Å². The van der Waals surface area contributed by atoms with E-state index in [-0.39, 0.29) is 5.82 Å². The van der Waals surface area contributed by atoms with Gasteiger partial charge in [-0.15, -0.1) is 0 Å². The van der Waals surface area contributed by atoms with Crippen LogP contribution in [0.4, 0.5) is 4.39 Å². The predicted octanol–water partition coefficient (Wildman–Crippen LogP) is 2.26. The van der Waals surface area contributed by atoms with Crippen molar-refractivity contribution in [1.82, 2.24) is 10.2 Å². The molecule has 1 aromatic rings. The lowest BCUT2D eigenvalue weighted by atomic mass is 10.2. The molecule has 21 heavy (non-hydrogen) atoms. The Bertz CT molecular complexity index is 474. The van der Waals surface area contributed by atoms with Crippen molar-refractivity contribution in [3.8, 4) is 0 Å². The number of hydrogen-bond acceptors (Lipinski definition) is 2. The second kappa shape index (κ2) is 7.98. The third kappa shape index (κ3) is 5.71. The van der Waals surface area contributed by atoms with Crippen molar-refractivity contribution >= 4 is 5.96 Å². The number of rotatable bonds is 7. The average molecular weight is 293 g/mol. The fraction of sp³-hybridized carbons (Fsp3) is 0.562. The van der Waals surface area contributed by atoms with Crippen LogP contribution in [0.5, 0.6) is 0 Å². The third-order valence-electron chi connectivity index (χ3n) is 3.53. The highest BCUT2D eigenvalue weighted by atomic mass is 19.1. The van der Waals surface area contributed by atoms with Crippen molar-refractivity contribution in [2.24, 2.45) is 10.9 Å². The van der Waals surface area contributed by atoms with Crippen LogP contribution in [-0.2, 0) is 11.3 Å². The fourth-order valence-corrected chi connectivity index (χ4v) is 2.05. The molecule has 0 spiro atoms. The molecule has 1 aromatic carbocycles. The molecule has 1 saturated carbocycles. The van der Waals surface area contributed by atoms with E-state index in [1.165, 1.54) is 25.0 Å². The minimum atomic E-state index is -0.217. The number of likely N-dealkylation sites (N-methyl/N-ethyl adjacent to an activating group) is 1. The van der Waals surface area contributed by atoms with Gasteiger partial charge in [0.15, 0.2) is 5.96 Å². The molecule has 5 heteroatoms. The maximum absolute atomic E-state index is 13.1. The number of hydrogen-bond donors (Lipinski definition) is 1. The molecular weight excluding hydrogens is 269 g/mol. The number of ether oxygens (including phenoxy) is 1. The lowest BCUT2D eigenvalue weighted by Crippen LogP contribution is -2.40. The van der Waals surface area contributed by atoms with Gasteiger partial charge in [-0.05, 0) is 36.5 Å². The van der Waals surface area contributed by atoms with Crippen LogP contribution in [0.25, 0.3) is 0 Å². The highest BCUT2D eigenvalue weighted by molar-refractivity contribution is 5.79. The van der Waals surface area contributed by atoms with Gasteiger partial charge in [-0.2, -0.15) is 0 Å². The number of nitrogens with zero attached hydrogens (tertiary/aromatic N) is 2. The molecule has 0 aliphatic heterocycles. The van der Waals surface area contributed by atoms with E-state index in [4.69, 9.17) is 4.74 Å². The largest absolute Gasteiger partial charge is 0.379 e. The number of guanidine groups is 1. The normalized spacial score (nSPS) is 15.1. The minimum absolute atomic E-state index is 0.217. The van der Waals surface area contributed by atoms with E-state index in [0.717, 1.165) is 30.6 Å². The van der Waals surface area contributed by atoms with E-state index in [1.807, 2.05) is 18.0 Å². The van der Waals surface area contributed by atoms with Crippen LogP contribution >= 0.6 is 0 Å². The van der Waals surface area contributed by atoms with Gasteiger partial charge < -0.3 is 15.0 Å². The van der Waals surface area contributed by atoms with Crippen molar-refractivity contribution < 1.29 is 9.13 Å². The Morgan fingerprint density at radius 1 is 1.48 bits per heavy atom. The first-order chi connectivity index (χ1) is 10.2. The van der Waals surface area contributed by atoms with Crippen LogP contribution in [0, 0.1) is 11.7 Å². The van der Waals surface area contributed by atoms with Gasteiger partial charge in [0, 0.05) is 33.8 Å². The SMILES string of the molecule is CN=C(NCc1cccc(F)c1)N(C)CCOCC1CC1. The lowest BCUT2D eigenvalue weighted by Gasteiger charge is -2.22. The van der Waals surface area contributed by atoms with Gasteiger partial charge in [-0.1, -0.05) is 12.1 Å². The Morgan fingerprint density at radius 3 is 2.95 bits per heavy atom.